The van der Waals surface area contributed by atoms with Gasteiger partial charge in [0, 0.05) is 10.9 Å². The molecule has 0 saturated heterocycles. The number of aliphatic hydroxyl groups is 1. The molecule has 6 heteroatoms. The number of hydrogen-bond donors (Lipinski definition) is 2. The SMILES string of the molecule is CC(C)c1noc(NCC(C)(O)c2cccc(Cl)c2)n1. The average molecular weight is 296 g/mol. The Morgan fingerprint density at radius 3 is 2.80 bits per heavy atom. The number of benzene rings is 1. The maximum atomic E-state index is 10.5. The molecule has 1 heterocycles. The summed E-state index contributed by atoms with van der Waals surface area (Å²) in [5.74, 6) is 0.831. The zero-order chi connectivity index (χ0) is 14.8. The van der Waals surface area contributed by atoms with E-state index in [9.17, 15) is 5.11 Å². The van der Waals surface area contributed by atoms with E-state index < -0.39 is 5.60 Å². The van der Waals surface area contributed by atoms with Crippen molar-refractivity contribution in [2.45, 2.75) is 32.3 Å². The Balaban J connectivity index is 2.04. The van der Waals surface area contributed by atoms with Crippen LogP contribution < -0.4 is 5.32 Å². The van der Waals surface area contributed by atoms with Gasteiger partial charge < -0.3 is 14.9 Å². The van der Waals surface area contributed by atoms with Gasteiger partial charge in [-0.2, -0.15) is 4.98 Å². The lowest BCUT2D eigenvalue weighted by Gasteiger charge is -2.23. The number of anilines is 1. The summed E-state index contributed by atoms with van der Waals surface area (Å²) in [6.07, 6.45) is 0. The molecular weight excluding hydrogens is 278 g/mol. The summed E-state index contributed by atoms with van der Waals surface area (Å²) in [6.45, 7) is 5.91. The van der Waals surface area contributed by atoms with E-state index in [0.29, 0.717) is 16.9 Å². The van der Waals surface area contributed by atoms with Gasteiger partial charge in [-0.15, -0.1) is 0 Å². The van der Waals surface area contributed by atoms with Gasteiger partial charge in [0.1, 0.15) is 5.60 Å². The monoisotopic (exact) mass is 295 g/mol. The summed E-state index contributed by atoms with van der Waals surface area (Å²) >= 11 is 5.93. The Morgan fingerprint density at radius 1 is 1.45 bits per heavy atom. The van der Waals surface area contributed by atoms with Gasteiger partial charge in [-0.3, -0.25) is 0 Å². The quantitative estimate of drug-likeness (QED) is 0.886. The van der Waals surface area contributed by atoms with Crippen molar-refractivity contribution in [1.29, 1.82) is 0 Å². The molecule has 1 aromatic carbocycles. The fraction of sp³-hybridized carbons (Fsp3) is 0.429. The largest absolute Gasteiger partial charge is 0.384 e. The van der Waals surface area contributed by atoms with Crippen LogP contribution in [0.25, 0.3) is 0 Å². The van der Waals surface area contributed by atoms with Crippen molar-refractivity contribution in [3.63, 3.8) is 0 Å². The predicted octanol–water partition coefficient (Wildman–Crippen LogP) is 3.17. The minimum Gasteiger partial charge on any atom is -0.384 e. The first kappa shape index (κ1) is 14.8. The van der Waals surface area contributed by atoms with Gasteiger partial charge in [-0.25, -0.2) is 0 Å². The highest BCUT2D eigenvalue weighted by atomic mass is 35.5. The average Bonchev–Trinajstić information content (AvgIpc) is 2.85. The van der Waals surface area contributed by atoms with Gasteiger partial charge in [0.15, 0.2) is 5.82 Å². The van der Waals surface area contributed by atoms with Crippen molar-refractivity contribution in [1.82, 2.24) is 10.1 Å². The van der Waals surface area contributed by atoms with E-state index in [0.717, 1.165) is 5.56 Å². The molecule has 5 nitrogen and oxygen atoms in total. The second-order valence-corrected chi connectivity index (χ2v) is 5.69. The number of halogens is 1. The van der Waals surface area contributed by atoms with Crippen LogP contribution in [-0.4, -0.2) is 21.8 Å². The molecule has 2 rings (SSSR count). The van der Waals surface area contributed by atoms with Crippen molar-refractivity contribution >= 4 is 17.6 Å². The molecule has 1 unspecified atom stereocenters. The van der Waals surface area contributed by atoms with E-state index in [2.05, 4.69) is 15.5 Å². The van der Waals surface area contributed by atoms with Crippen LogP contribution in [0.3, 0.4) is 0 Å². The maximum Gasteiger partial charge on any atom is 0.321 e. The molecule has 2 aromatic rings. The Kier molecular flexibility index (Phi) is 4.30. The van der Waals surface area contributed by atoms with Crippen molar-refractivity contribution in [3.05, 3.63) is 40.7 Å². The molecule has 0 bridgehead atoms. The van der Waals surface area contributed by atoms with E-state index >= 15 is 0 Å². The van der Waals surface area contributed by atoms with Gasteiger partial charge in [-0.1, -0.05) is 42.7 Å². The van der Waals surface area contributed by atoms with Crippen LogP contribution in [0.1, 0.15) is 38.1 Å². The fourth-order valence-corrected chi connectivity index (χ4v) is 1.90. The van der Waals surface area contributed by atoms with Crippen molar-refractivity contribution < 1.29 is 9.63 Å². The molecule has 0 aliphatic carbocycles. The summed E-state index contributed by atoms with van der Waals surface area (Å²) in [6, 6.07) is 7.42. The summed E-state index contributed by atoms with van der Waals surface area (Å²) in [7, 11) is 0. The molecule has 1 atom stereocenters. The maximum absolute atomic E-state index is 10.5. The van der Waals surface area contributed by atoms with E-state index in [1.165, 1.54) is 0 Å². The third kappa shape index (κ3) is 3.49. The zero-order valence-electron chi connectivity index (χ0n) is 11.7. The van der Waals surface area contributed by atoms with E-state index in [-0.39, 0.29) is 12.5 Å². The van der Waals surface area contributed by atoms with Gasteiger partial charge in [0.05, 0.1) is 6.54 Å². The zero-order valence-corrected chi connectivity index (χ0v) is 12.5. The second-order valence-electron chi connectivity index (χ2n) is 5.25. The molecular formula is C14H18ClN3O2. The number of aromatic nitrogens is 2. The molecule has 2 N–H and O–H groups in total. The molecule has 1 aromatic heterocycles. The fourth-order valence-electron chi connectivity index (χ4n) is 1.71. The van der Waals surface area contributed by atoms with Crippen LogP contribution in [0.4, 0.5) is 6.01 Å². The van der Waals surface area contributed by atoms with E-state index in [4.69, 9.17) is 16.1 Å². The van der Waals surface area contributed by atoms with E-state index in [1.807, 2.05) is 19.9 Å². The first-order valence-corrected chi connectivity index (χ1v) is 6.82. The second kappa shape index (κ2) is 5.81. The van der Waals surface area contributed by atoms with Crippen LogP contribution in [0.5, 0.6) is 0 Å². The molecule has 108 valence electrons. The third-order valence-electron chi connectivity index (χ3n) is 2.99. The van der Waals surface area contributed by atoms with Gasteiger partial charge in [0.2, 0.25) is 0 Å². The van der Waals surface area contributed by atoms with Crippen molar-refractivity contribution in [3.8, 4) is 0 Å². The van der Waals surface area contributed by atoms with Crippen LogP contribution in [0.2, 0.25) is 5.02 Å². The summed E-state index contributed by atoms with van der Waals surface area (Å²) in [5.41, 5.74) is -0.363. The van der Waals surface area contributed by atoms with Crippen molar-refractivity contribution in [2.24, 2.45) is 0 Å². The van der Waals surface area contributed by atoms with Crippen LogP contribution in [0, 0.1) is 0 Å². The lowest BCUT2D eigenvalue weighted by atomic mass is 9.96. The molecule has 0 aliphatic rings. The van der Waals surface area contributed by atoms with Crippen LogP contribution in [-0.2, 0) is 5.60 Å². The number of rotatable bonds is 5. The Hall–Kier alpha value is -1.59. The molecule has 0 radical (unpaired) electrons. The molecule has 0 saturated carbocycles. The highest BCUT2D eigenvalue weighted by Gasteiger charge is 2.24. The lowest BCUT2D eigenvalue weighted by molar-refractivity contribution is 0.0708. The lowest BCUT2D eigenvalue weighted by Crippen LogP contribution is -2.30. The number of nitrogens with zero attached hydrogens (tertiary/aromatic N) is 2. The minimum absolute atomic E-state index is 0.197. The normalized spacial score (nSPS) is 14.3. The highest BCUT2D eigenvalue weighted by molar-refractivity contribution is 6.30. The topological polar surface area (TPSA) is 71.2 Å². The molecule has 0 spiro atoms. The van der Waals surface area contributed by atoms with Gasteiger partial charge in [-0.05, 0) is 24.6 Å². The van der Waals surface area contributed by atoms with E-state index in [1.54, 1.807) is 25.1 Å². The Labute approximate surface area is 123 Å². The predicted molar refractivity (Wildman–Crippen MR) is 77.9 cm³/mol. The molecule has 0 fully saturated rings. The first-order valence-electron chi connectivity index (χ1n) is 6.44. The third-order valence-corrected chi connectivity index (χ3v) is 3.22. The summed E-state index contributed by atoms with van der Waals surface area (Å²) in [4.78, 5) is 4.20. The summed E-state index contributed by atoms with van der Waals surface area (Å²) < 4.78 is 5.07. The Bertz CT molecular complexity index is 581. The number of nitrogens with one attached hydrogen (secondary N) is 1. The van der Waals surface area contributed by atoms with Crippen LogP contribution >= 0.6 is 11.6 Å². The van der Waals surface area contributed by atoms with Crippen molar-refractivity contribution in [2.75, 3.05) is 11.9 Å². The molecule has 20 heavy (non-hydrogen) atoms. The summed E-state index contributed by atoms with van der Waals surface area (Å²) in [5, 5.41) is 17.9. The van der Waals surface area contributed by atoms with Gasteiger partial charge in [0.25, 0.3) is 0 Å². The molecule has 0 amide bonds. The minimum atomic E-state index is -1.09. The van der Waals surface area contributed by atoms with Crippen LogP contribution in [0.15, 0.2) is 28.8 Å². The molecule has 0 aliphatic heterocycles. The number of hydrogen-bond acceptors (Lipinski definition) is 5. The van der Waals surface area contributed by atoms with Gasteiger partial charge >= 0.3 is 6.01 Å². The Morgan fingerprint density at radius 2 is 2.20 bits per heavy atom. The standard InChI is InChI=1S/C14H18ClN3O2/c1-9(2)12-17-13(20-18-12)16-8-14(3,19)10-5-4-6-11(15)7-10/h4-7,9,19H,8H2,1-3H3,(H,16,17,18). The first-order chi connectivity index (χ1) is 9.38. The highest BCUT2D eigenvalue weighted by Crippen LogP contribution is 2.24. The smallest absolute Gasteiger partial charge is 0.321 e.